The molecule has 7 nitrogen and oxygen atoms in total. The molecule has 0 saturated heterocycles. The van der Waals surface area contributed by atoms with Crippen LogP contribution in [0.2, 0.25) is 0 Å². The van der Waals surface area contributed by atoms with Gasteiger partial charge >= 0.3 is 0 Å². The molecular weight excluding hydrogens is 498 g/mol. The number of nitrogens with zero attached hydrogens (tertiary/aromatic N) is 2. The Morgan fingerprint density at radius 3 is 2.10 bits per heavy atom. The molecule has 40 heavy (non-hydrogen) atoms. The minimum absolute atomic E-state index is 0.0413. The van der Waals surface area contributed by atoms with Crippen molar-refractivity contribution in [3.8, 4) is 5.75 Å². The molecule has 0 radical (unpaired) electrons. The van der Waals surface area contributed by atoms with Crippen LogP contribution in [0.3, 0.4) is 0 Å². The van der Waals surface area contributed by atoms with Crippen LogP contribution in [-0.2, 0) is 22.0 Å². The lowest BCUT2D eigenvalue weighted by atomic mass is 9.78. The molecule has 1 aliphatic heterocycles. The Kier molecular flexibility index (Phi) is 8.28. The van der Waals surface area contributed by atoms with Gasteiger partial charge in [0.2, 0.25) is 5.91 Å². The van der Waals surface area contributed by atoms with Crippen molar-refractivity contribution in [1.29, 1.82) is 0 Å². The first-order valence-corrected chi connectivity index (χ1v) is 14.6. The van der Waals surface area contributed by atoms with E-state index in [1.165, 1.54) is 0 Å². The van der Waals surface area contributed by atoms with Gasteiger partial charge in [-0.05, 0) is 72.3 Å². The fourth-order valence-corrected chi connectivity index (χ4v) is 5.94. The molecule has 0 aromatic heterocycles. The number of para-hydroxylation sites is 1. The lowest BCUT2D eigenvalue weighted by Gasteiger charge is -2.40. The monoisotopic (exact) mass is 547 g/mol. The van der Waals surface area contributed by atoms with Crippen LogP contribution in [0.25, 0.3) is 0 Å². The summed E-state index contributed by atoms with van der Waals surface area (Å²) in [4.78, 5) is 20.2. The van der Waals surface area contributed by atoms with Gasteiger partial charge in [-0.3, -0.25) is 10.1 Å². The summed E-state index contributed by atoms with van der Waals surface area (Å²) in [5.74, 6) is 0.758. The second kappa shape index (κ2) is 11.1. The molecule has 0 spiro atoms. The van der Waals surface area contributed by atoms with E-state index in [0.717, 1.165) is 59.5 Å². The zero-order chi connectivity index (χ0) is 29.5. The molecule has 2 aliphatic rings. The molecule has 1 heterocycles. The van der Waals surface area contributed by atoms with Crippen molar-refractivity contribution in [3.63, 3.8) is 0 Å². The van der Waals surface area contributed by atoms with E-state index < -0.39 is 5.79 Å². The largest absolute Gasteiger partial charge is 0.507 e. The summed E-state index contributed by atoms with van der Waals surface area (Å²) in [6.07, 6.45) is 4.11. The molecule has 1 aliphatic carbocycles. The Labute approximate surface area is 240 Å². The molecule has 0 bridgehead atoms. The summed E-state index contributed by atoms with van der Waals surface area (Å²) in [5, 5.41) is 21.7. The highest BCUT2D eigenvalue weighted by molar-refractivity contribution is 6.04. The maximum atomic E-state index is 13.1. The number of fused-ring (bicyclic) bond motifs is 1. The number of phenols is 1. The van der Waals surface area contributed by atoms with Gasteiger partial charge in [0.25, 0.3) is 0 Å². The third-order valence-electron chi connectivity index (χ3n) is 8.03. The number of carbonyl (C=O) groups excluding carboxylic acids is 1. The number of carbonyl (C=O) groups is 1. The van der Waals surface area contributed by atoms with Gasteiger partial charge < -0.3 is 20.6 Å². The van der Waals surface area contributed by atoms with E-state index in [9.17, 15) is 9.90 Å². The van der Waals surface area contributed by atoms with Crippen molar-refractivity contribution in [1.82, 2.24) is 15.5 Å². The first-order valence-electron chi connectivity index (χ1n) is 14.6. The Bertz CT molecular complexity index is 1230. The van der Waals surface area contributed by atoms with Gasteiger partial charge in [-0.25, -0.2) is 4.99 Å². The van der Waals surface area contributed by atoms with Crippen molar-refractivity contribution in [3.05, 3.63) is 58.7 Å². The number of hydrogen-bond acceptors (Lipinski definition) is 6. The highest BCUT2D eigenvalue weighted by atomic mass is 16.3. The molecule has 1 atom stereocenters. The van der Waals surface area contributed by atoms with Gasteiger partial charge in [0.1, 0.15) is 11.6 Å². The number of anilines is 1. The summed E-state index contributed by atoms with van der Waals surface area (Å²) >= 11 is 0. The van der Waals surface area contributed by atoms with Crippen LogP contribution in [0.4, 0.5) is 5.69 Å². The average Bonchev–Trinajstić information content (AvgIpc) is 2.84. The highest BCUT2D eigenvalue weighted by Crippen LogP contribution is 2.40. The van der Waals surface area contributed by atoms with E-state index in [1.807, 2.05) is 38.4 Å². The molecule has 218 valence electrons. The highest BCUT2D eigenvalue weighted by Gasteiger charge is 2.34. The molecule has 4 N–H and O–H groups in total. The minimum Gasteiger partial charge on any atom is -0.507 e. The van der Waals surface area contributed by atoms with E-state index in [1.54, 1.807) is 0 Å². The third-order valence-corrected chi connectivity index (χ3v) is 8.03. The van der Waals surface area contributed by atoms with Crippen LogP contribution in [-0.4, -0.2) is 53.7 Å². The molecule has 7 heteroatoms. The summed E-state index contributed by atoms with van der Waals surface area (Å²) in [6, 6.07) is 12.8. The second-order valence-corrected chi connectivity index (χ2v) is 14.0. The lowest BCUT2D eigenvalue weighted by Crippen LogP contribution is -2.56. The smallest absolute Gasteiger partial charge is 0.224 e. The molecule has 1 saturated carbocycles. The average molecular weight is 548 g/mol. The SMILES string of the molecule is CN(C)C1=NC(C)(NC2CCC(NC(=O)Cc3cc(C(C)(C)C)c(O)c(C(C)(C)C)c3)CC2)Nc2ccccc21. The van der Waals surface area contributed by atoms with Crippen molar-refractivity contribution in [2.24, 2.45) is 4.99 Å². The standard InChI is InChI=1S/C33H49N5O2/c1-31(2,3)25-18-21(19-26(29(25)40)32(4,5)6)20-28(39)34-22-14-16-23(17-15-22)35-33(7)36-27-13-11-10-12-24(27)30(37-33)38(8)9/h10-13,18-19,22-23,35-36,40H,14-17,20H2,1-9H3,(H,34,39). The number of amidine groups is 1. The normalized spacial score (nSPS) is 23.1. The number of amides is 1. The summed E-state index contributed by atoms with van der Waals surface area (Å²) in [5.41, 5.74) is 4.48. The Morgan fingerprint density at radius 1 is 1.00 bits per heavy atom. The molecule has 2 aromatic carbocycles. The molecule has 1 unspecified atom stereocenters. The predicted molar refractivity (Wildman–Crippen MR) is 165 cm³/mol. The number of aliphatic imine (C=N–C) groups is 1. The van der Waals surface area contributed by atoms with E-state index in [2.05, 4.69) is 81.4 Å². The number of nitrogens with one attached hydrogen (secondary N) is 3. The van der Waals surface area contributed by atoms with Gasteiger partial charge in [0.15, 0.2) is 5.79 Å². The Hall–Kier alpha value is -3.06. The number of hydrogen-bond donors (Lipinski definition) is 4. The molecule has 2 aromatic rings. The molecule has 4 rings (SSSR count). The molecular formula is C33H49N5O2. The molecule has 1 amide bonds. The molecule has 1 fully saturated rings. The topological polar surface area (TPSA) is 89.0 Å². The maximum absolute atomic E-state index is 13.1. The maximum Gasteiger partial charge on any atom is 0.224 e. The van der Waals surface area contributed by atoms with Crippen molar-refractivity contribution in [2.45, 2.75) is 109 Å². The minimum atomic E-state index is -0.594. The number of phenolic OH excluding ortho intramolecular Hbond substituents is 1. The quantitative estimate of drug-likeness (QED) is 0.388. The van der Waals surface area contributed by atoms with Crippen molar-refractivity contribution >= 4 is 17.4 Å². The fraction of sp³-hybridized carbons (Fsp3) is 0.576. The van der Waals surface area contributed by atoms with Gasteiger partial charge in [-0.2, -0.15) is 0 Å². The summed E-state index contributed by atoms with van der Waals surface area (Å²) < 4.78 is 0. The third kappa shape index (κ3) is 6.80. The van der Waals surface area contributed by atoms with Crippen LogP contribution < -0.4 is 16.0 Å². The van der Waals surface area contributed by atoms with E-state index >= 15 is 0 Å². The predicted octanol–water partition coefficient (Wildman–Crippen LogP) is 5.65. The van der Waals surface area contributed by atoms with Gasteiger partial charge in [-0.15, -0.1) is 0 Å². The van der Waals surface area contributed by atoms with Crippen molar-refractivity contribution in [2.75, 3.05) is 19.4 Å². The number of benzene rings is 2. The van der Waals surface area contributed by atoms with E-state index in [0.29, 0.717) is 18.2 Å². The summed E-state index contributed by atoms with van der Waals surface area (Å²) in [7, 11) is 4.06. The zero-order valence-electron chi connectivity index (χ0n) is 25.9. The van der Waals surface area contributed by atoms with Crippen LogP contribution >= 0.6 is 0 Å². The first-order chi connectivity index (χ1) is 18.6. The number of rotatable bonds is 5. The second-order valence-electron chi connectivity index (χ2n) is 14.0. The first kappa shape index (κ1) is 29.9. The van der Waals surface area contributed by atoms with Gasteiger partial charge in [-0.1, -0.05) is 65.8 Å². The van der Waals surface area contributed by atoms with Crippen LogP contribution in [0.1, 0.15) is 96.4 Å². The Morgan fingerprint density at radius 2 is 1.55 bits per heavy atom. The van der Waals surface area contributed by atoms with Gasteiger partial charge in [0.05, 0.1) is 6.42 Å². The van der Waals surface area contributed by atoms with Crippen LogP contribution in [0, 0.1) is 0 Å². The van der Waals surface area contributed by atoms with E-state index in [4.69, 9.17) is 4.99 Å². The van der Waals surface area contributed by atoms with Crippen LogP contribution in [0.15, 0.2) is 41.4 Å². The summed E-state index contributed by atoms with van der Waals surface area (Å²) in [6.45, 7) is 14.7. The number of aromatic hydroxyl groups is 1. The van der Waals surface area contributed by atoms with E-state index in [-0.39, 0.29) is 22.8 Å². The Balaban J connectivity index is 1.37. The van der Waals surface area contributed by atoms with Gasteiger partial charge in [0, 0.05) is 37.4 Å². The van der Waals surface area contributed by atoms with Crippen molar-refractivity contribution < 1.29 is 9.90 Å². The van der Waals surface area contributed by atoms with Crippen LogP contribution in [0.5, 0.6) is 5.75 Å². The fourth-order valence-electron chi connectivity index (χ4n) is 5.94. The lowest BCUT2D eigenvalue weighted by molar-refractivity contribution is -0.121. The zero-order valence-corrected chi connectivity index (χ0v) is 25.9.